The van der Waals surface area contributed by atoms with Gasteiger partial charge >= 0.3 is 0 Å². The van der Waals surface area contributed by atoms with Crippen LogP contribution in [0.15, 0.2) is 42.5 Å². The van der Waals surface area contributed by atoms with Crippen molar-refractivity contribution >= 4 is 28.9 Å². The molecular weight excluding hydrogens is 378 g/mol. The summed E-state index contributed by atoms with van der Waals surface area (Å²) in [5.41, 5.74) is 2.09. The number of anilines is 1. The van der Waals surface area contributed by atoms with Gasteiger partial charge in [0.15, 0.2) is 0 Å². The van der Waals surface area contributed by atoms with Crippen LogP contribution in [0.5, 0.6) is 0 Å². The first-order chi connectivity index (χ1) is 13.3. The van der Waals surface area contributed by atoms with Crippen LogP contribution >= 0.6 is 11.6 Å². The van der Waals surface area contributed by atoms with Gasteiger partial charge in [0.25, 0.3) is 11.6 Å². The molecule has 0 radical (unpaired) electrons. The SMILES string of the molecule is CC1CCN(c2ccc([C@@H](C)NC(=O)c3cc([N+](=O)[O-])ccc3Cl)cc2)CC1. The third-order valence-corrected chi connectivity index (χ3v) is 5.62. The molecule has 3 rings (SSSR count). The molecule has 0 saturated carbocycles. The number of non-ortho nitro benzene ring substituents is 1. The normalized spacial score (nSPS) is 15.9. The molecule has 2 aromatic rings. The number of piperidine rings is 1. The summed E-state index contributed by atoms with van der Waals surface area (Å²) >= 11 is 6.05. The van der Waals surface area contributed by atoms with Crippen molar-refractivity contribution in [1.29, 1.82) is 0 Å². The monoisotopic (exact) mass is 401 g/mol. The third-order valence-electron chi connectivity index (χ3n) is 5.29. The molecule has 1 aliphatic rings. The number of amides is 1. The molecule has 6 nitrogen and oxygen atoms in total. The van der Waals surface area contributed by atoms with Gasteiger partial charge < -0.3 is 10.2 Å². The van der Waals surface area contributed by atoms with E-state index in [0.29, 0.717) is 0 Å². The summed E-state index contributed by atoms with van der Waals surface area (Å²) in [6.45, 7) is 6.30. The predicted octanol–water partition coefficient (Wildman–Crippen LogP) is 4.98. The molecule has 1 heterocycles. The van der Waals surface area contributed by atoms with E-state index in [2.05, 4.69) is 29.3 Å². The summed E-state index contributed by atoms with van der Waals surface area (Å²) in [5.74, 6) is 0.349. The second-order valence-electron chi connectivity index (χ2n) is 7.38. The molecule has 2 aromatic carbocycles. The number of carbonyl (C=O) groups excluding carboxylic acids is 1. The van der Waals surface area contributed by atoms with Crippen LogP contribution in [-0.2, 0) is 0 Å². The molecule has 0 spiro atoms. The van der Waals surface area contributed by atoms with Crippen molar-refractivity contribution in [1.82, 2.24) is 5.32 Å². The molecule has 148 valence electrons. The highest BCUT2D eigenvalue weighted by molar-refractivity contribution is 6.33. The Hall–Kier alpha value is -2.60. The first kappa shape index (κ1) is 20.1. The van der Waals surface area contributed by atoms with Gasteiger partial charge in [0.05, 0.1) is 21.6 Å². The fourth-order valence-electron chi connectivity index (χ4n) is 3.40. The fourth-order valence-corrected chi connectivity index (χ4v) is 3.60. The van der Waals surface area contributed by atoms with E-state index < -0.39 is 10.8 Å². The molecule has 0 unspecified atom stereocenters. The quantitative estimate of drug-likeness (QED) is 0.566. The molecule has 1 aliphatic heterocycles. The number of nitro groups is 1. The molecule has 0 aliphatic carbocycles. The maximum Gasteiger partial charge on any atom is 0.270 e. The van der Waals surface area contributed by atoms with E-state index in [1.165, 1.54) is 36.7 Å². The number of nitrogens with zero attached hydrogens (tertiary/aromatic N) is 2. The molecule has 1 atom stereocenters. The molecule has 1 N–H and O–H groups in total. The lowest BCUT2D eigenvalue weighted by Gasteiger charge is -2.32. The van der Waals surface area contributed by atoms with E-state index >= 15 is 0 Å². The summed E-state index contributed by atoms with van der Waals surface area (Å²) in [6, 6.07) is 11.8. The minimum absolute atomic E-state index is 0.0989. The Balaban J connectivity index is 1.67. The number of hydrogen-bond donors (Lipinski definition) is 1. The van der Waals surface area contributed by atoms with Crippen molar-refractivity contribution in [3.8, 4) is 0 Å². The van der Waals surface area contributed by atoms with E-state index in [9.17, 15) is 14.9 Å². The third kappa shape index (κ3) is 4.62. The summed E-state index contributed by atoms with van der Waals surface area (Å²) in [6.07, 6.45) is 2.41. The Bertz CT molecular complexity index is 862. The second kappa shape index (κ2) is 8.61. The highest BCUT2D eigenvalue weighted by atomic mass is 35.5. The van der Waals surface area contributed by atoms with Gasteiger partial charge in [0, 0.05) is 30.9 Å². The number of nitro benzene ring substituents is 1. The smallest absolute Gasteiger partial charge is 0.270 e. The van der Waals surface area contributed by atoms with Crippen LogP contribution in [0.4, 0.5) is 11.4 Å². The van der Waals surface area contributed by atoms with Crippen molar-refractivity contribution < 1.29 is 9.72 Å². The number of hydrogen-bond acceptors (Lipinski definition) is 4. The van der Waals surface area contributed by atoms with Gasteiger partial charge in [-0.25, -0.2) is 0 Å². The van der Waals surface area contributed by atoms with Crippen molar-refractivity contribution in [2.75, 3.05) is 18.0 Å². The van der Waals surface area contributed by atoms with E-state index in [-0.39, 0.29) is 22.3 Å². The molecular formula is C21H24ClN3O3. The predicted molar refractivity (Wildman–Crippen MR) is 111 cm³/mol. The minimum atomic E-state index is -0.545. The zero-order valence-corrected chi connectivity index (χ0v) is 16.8. The Morgan fingerprint density at radius 3 is 2.46 bits per heavy atom. The van der Waals surface area contributed by atoms with Crippen LogP contribution in [0.3, 0.4) is 0 Å². The van der Waals surface area contributed by atoms with Gasteiger partial charge in [0.2, 0.25) is 0 Å². The van der Waals surface area contributed by atoms with Gasteiger partial charge in [-0.15, -0.1) is 0 Å². The van der Waals surface area contributed by atoms with E-state index in [0.717, 1.165) is 24.6 Å². The number of halogens is 1. The van der Waals surface area contributed by atoms with Crippen molar-refractivity contribution in [2.45, 2.75) is 32.7 Å². The highest BCUT2D eigenvalue weighted by Crippen LogP contribution is 2.26. The molecule has 1 amide bonds. The van der Waals surface area contributed by atoms with E-state index in [4.69, 9.17) is 11.6 Å². The minimum Gasteiger partial charge on any atom is -0.372 e. The molecule has 0 aromatic heterocycles. The molecule has 28 heavy (non-hydrogen) atoms. The maximum atomic E-state index is 12.5. The zero-order chi connectivity index (χ0) is 20.3. The van der Waals surface area contributed by atoms with Gasteiger partial charge in [-0.2, -0.15) is 0 Å². The van der Waals surface area contributed by atoms with Crippen LogP contribution in [0, 0.1) is 16.0 Å². The fraction of sp³-hybridized carbons (Fsp3) is 0.381. The van der Waals surface area contributed by atoms with Crippen molar-refractivity contribution in [3.63, 3.8) is 0 Å². The van der Waals surface area contributed by atoms with Crippen LogP contribution in [0.1, 0.15) is 48.7 Å². The first-order valence-electron chi connectivity index (χ1n) is 9.45. The summed E-state index contributed by atoms with van der Waals surface area (Å²) in [4.78, 5) is 25.3. The molecule has 1 fully saturated rings. The van der Waals surface area contributed by atoms with Crippen molar-refractivity contribution in [2.24, 2.45) is 5.92 Å². The summed E-state index contributed by atoms with van der Waals surface area (Å²) in [7, 11) is 0. The van der Waals surface area contributed by atoms with Crippen molar-refractivity contribution in [3.05, 3.63) is 68.7 Å². The molecule has 0 bridgehead atoms. The average molecular weight is 402 g/mol. The van der Waals surface area contributed by atoms with Crippen LogP contribution in [0.25, 0.3) is 0 Å². The Morgan fingerprint density at radius 2 is 1.86 bits per heavy atom. The standard InChI is InChI=1S/C21H24ClN3O3/c1-14-9-11-24(12-10-14)17-5-3-16(4-6-17)15(2)23-21(26)19-13-18(25(27)28)7-8-20(19)22/h3-8,13-15H,9-12H2,1-2H3,(H,23,26)/t15-/m1/s1. The number of rotatable bonds is 5. The maximum absolute atomic E-state index is 12.5. The van der Waals surface area contributed by atoms with Crippen LogP contribution < -0.4 is 10.2 Å². The first-order valence-corrected chi connectivity index (χ1v) is 9.82. The Morgan fingerprint density at radius 1 is 1.21 bits per heavy atom. The Kier molecular flexibility index (Phi) is 6.19. The van der Waals surface area contributed by atoms with Gasteiger partial charge in [-0.1, -0.05) is 30.7 Å². The Labute approximate surface area is 169 Å². The van der Waals surface area contributed by atoms with Gasteiger partial charge in [0.1, 0.15) is 0 Å². The lowest BCUT2D eigenvalue weighted by Crippen LogP contribution is -2.32. The van der Waals surface area contributed by atoms with Gasteiger partial charge in [-0.3, -0.25) is 14.9 Å². The lowest BCUT2D eigenvalue weighted by molar-refractivity contribution is -0.384. The molecule has 1 saturated heterocycles. The van der Waals surface area contributed by atoms with Gasteiger partial charge in [-0.05, 0) is 49.4 Å². The van der Waals surface area contributed by atoms with E-state index in [1.54, 1.807) is 0 Å². The van der Waals surface area contributed by atoms with Crippen LogP contribution in [0.2, 0.25) is 5.02 Å². The number of nitrogens with one attached hydrogen (secondary N) is 1. The second-order valence-corrected chi connectivity index (χ2v) is 7.78. The number of benzene rings is 2. The number of carbonyl (C=O) groups is 1. The summed E-state index contributed by atoms with van der Waals surface area (Å²) < 4.78 is 0. The summed E-state index contributed by atoms with van der Waals surface area (Å²) in [5, 5.41) is 14.0. The zero-order valence-electron chi connectivity index (χ0n) is 16.0. The lowest BCUT2D eigenvalue weighted by atomic mass is 9.98. The average Bonchev–Trinajstić information content (AvgIpc) is 2.68. The molecule has 7 heteroatoms. The largest absolute Gasteiger partial charge is 0.372 e. The topological polar surface area (TPSA) is 75.5 Å². The highest BCUT2D eigenvalue weighted by Gasteiger charge is 2.19. The van der Waals surface area contributed by atoms with E-state index in [1.807, 2.05) is 19.1 Å². The van der Waals surface area contributed by atoms with Crippen LogP contribution in [-0.4, -0.2) is 23.9 Å².